The lowest BCUT2D eigenvalue weighted by Gasteiger charge is -2.41. The molecule has 0 aromatic heterocycles. The van der Waals surface area contributed by atoms with Gasteiger partial charge < -0.3 is 11.5 Å². The molecule has 4 heteroatoms. The number of hydrogen-bond donors (Lipinski definition) is 2. The molecule has 0 saturated carbocycles. The summed E-state index contributed by atoms with van der Waals surface area (Å²) in [5.41, 5.74) is 11.2. The highest BCUT2D eigenvalue weighted by molar-refractivity contribution is 5.79. The van der Waals surface area contributed by atoms with E-state index in [1.165, 1.54) is 0 Å². The van der Waals surface area contributed by atoms with Gasteiger partial charge in [0.15, 0.2) is 0 Å². The lowest BCUT2D eigenvalue weighted by Crippen LogP contribution is -2.55. The van der Waals surface area contributed by atoms with E-state index in [9.17, 15) is 4.79 Å². The normalized spacial score (nSPS) is 30.1. The highest BCUT2D eigenvalue weighted by Gasteiger charge is 2.32. The molecule has 3 atom stereocenters. The largest absolute Gasteiger partial charge is 0.368 e. The summed E-state index contributed by atoms with van der Waals surface area (Å²) in [6.07, 6.45) is 3.00. The number of rotatable bonds is 4. The summed E-state index contributed by atoms with van der Waals surface area (Å²) >= 11 is 0. The standard InChI is InChI=1S/C11H23N3O/c1-3-10(11(13)15)14-5-4-8(2)6-9(14)7-12/h8-10H,3-7,12H2,1-2H3,(H2,13,15). The van der Waals surface area contributed by atoms with Gasteiger partial charge in [-0.25, -0.2) is 0 Å². The minimum absolute atomic E-state index is 0.133. The molecule has 1 saturated heterocycles. The number of carbonyl (C=O) groups excluding carboxylic acids is 1. The summed E-state index contributed by atoms with van der Waals surface area (Å²) in [6, 6.07) is 0.192. The zero-order chi connectivity index (χ0) is 11.4. The Balaban J connectivity index is 2.69. The van der Waals surface area contributed by atoms with E-state index >= 15 is 0 Å². The van der Waals surface area contributed by atoms with Crippen molar-refractivity contribution in [1.82, 2.24) is 4.90 Å². The zero-order valence-corrected chi connectivity index (χ0v) is 9.78. The van der Waals surface area contributed by atoms with Gasteiger partial charge in [-0.2, -0.15) is 0 Å². The highest BCUT2D eigenvalue weighted by atomic mass is 16.1. The third-order valence-corrected chi connectivity index (χ3v) is 3.41. The summed E-state index contributed by atoms with van der Waals surface area (Å²) in [7, 11) is 0. The Morgan fingerprint density at radius 3 is 2.73 bits per heavy atom. The van der Waals surface area contributed by atoms with Crippen molar-refractivity contribution in [2.24, 2.45) is 17.4 Å². The second-order valence-corrected chi connectivity index (χ2v) is 4.58. The lowest BCUT2D eigenvalue weighted by molar-refractivity contribution is -0.125. The first-order chi connectivity index (χ1) is 7.10. The molecule has 15 heavy (non-hydrogen) atoms. The number of nitrogens with zero attached hydrogens (tertiary/aromatic N) is 1. The molecule has 1 aliphatic heterocycles. The molecular formula is C11H23N3O. The predicted molar refractivity (Wildman–Crippen MR) is 61.2 cm³/mol. The van der Waals surface area contributed by atoms with Gasteiger partial charge in [0.1, 0.15) is 0 Å². The summed E-state index contributed by atoms with van der Waals surface area (Å²) in [4.78, 5) is 13.5. The van der Waals surface area contributed by atoms with Gasteiger partial charge in [0.05, 0.1) is 6.04 Å². The maximum atomic E-state index is 11.3. The number of piperidine rings is 1. The van der Waals surface area contributed by atoms with Crippen molar-refractivity contribution in [2.75, 3.05) is 13.1 Å². The van der Waals surface area contributed by atoms with Gasteiger partial charge >= 0.3 is 0 Å². The van der Waals surface area contributed by atoms with Crippen molar-refractivity contribution in [2.45, 2.75) is 45.2 Å². The van der Waals surface area contributed by atoms with Gasteiger partial charge in [-0.3, -0.25) is 9.69 Å². The number of carbonyl (C=O) groups is 1. The monoisotopic (exact) mass is 213 g/mol. The van der Waals surface area contributed by atoms with Crippen molar-refractivity contribution < 1.29 is 4.79 Å². The van der Waals surface area contributed by atoms with E-state index in [0.717, 1.165) is 25.8 Å². The van der Waals surface area contributed by atoms with Gasteiger partial charge in [-0.05, 0) is 31.7 Å². The molecule has 0 bridgehead atoms. The summed E-state index contributed by atoms with van der Waals surface area (Å²) in [5.74, 6) is 0.491. The maximum absolute atomic E-state index is 11.3. The molecule has 3 unspecified atom stereocenters. The Morgan fingerprint density at radius 1 is 1.60 bits per heavy atom. The van der Waals surface area contributed by atoms with Crippen LogP contribution >= 0.6 is 0 Å². The number of nitrogens with two attached hydrogens (primary N) is 2. The van der Waals surface area contributed by atoms with Crippen LogP contribution in [-0.2, 0) is 4.79 Å². The van der Waals surface area contributed by atoms with Crippen molar-refractivity contribution in [3.05, 3.63) is 0 Å². The Bertz CT molecular complexity index is 220. The average molecular weight is 213 g/mol. The van der Waals surface area contributed by atoms with Crippen molar-refractivity contribution >= 4 is 5.91 Å². The van der Waals surface area contributed by atoms with Gasteiger partial charge in [0.2, 0.25) is 5.91 Å². The van der Waals surface area contributed by atoms with Crippen LogP contribution in [0.25, 0.3) is 0 Å². The van der Waals surface area contributed by atoms with Gasteiger partial charge in [-0.1, -0.05) is 13.8 Å². The topological polar surface area (TPSA) is 72.4 Å². The first-order valence-electron chi connectivity index (χ1n) is 5.85. The minimum Gasteiger partial charge on any atom is -0.368 e. The van der Waals surface area contributed by atoms with E-state index < -0.39 is 0 Å². The summed E-state index contributed by atoms with van der Waals surface area (Å²) < 4.78 is 0. The quantitative estimate of drug-likeness (QED) is 0.706. The van der Waals surface area contributed by atoms with Gasteiger partial charge in [0.25, 0.3) is 0 Å². The Labute approximate surface area is 92.0 Å². The van der Waals surface area contributed by atoms with Gasteiger partial charge in [0, 0.05) is 12.6 Å². The fourth-order valence-corrected chi connectivity index (χ4v) is 2.51. The van der Waals surface area contributed by atoms with Crippen molar-refractivity contribution in [3.8, 4) is 0 Å². The number of primary amides is 1. The van der Waals surface area contributed by atoms with E-state index in [1.54, 1.807) is 0 Å². The highest BCUT2D eigenvalue weighted by Crippen LogP contribution is 2.24. The van der Waals surface area contributed by atoms with Crippen molar-refractivity contribution in [3.63, 3.8) is 0 Å². The molecule has 1 fully saturated rings. The maximum Gasteiger partial charge on any atom is 0.234 e. The molecule has 1 amide bonds. The Hall–Kier alpha value is -0.610. The number of amides is 1. The molecule has 0 aromatic rings. The Kier molecular flexibility index (Phi) is 4.54. The zero-order valence-electron chi connectivity index (χ0n) is 9.78. The van der Waals surface area contributed by atoms with Crippen molar-refractivity contribution in [1.29, 1.82) is 0 Å². The van der Waals surface area contributed by atoms with E-state index in [0.29, 0.717) is 18.5 Å². The molecule has 0 aliphatic carbocycles. The lowest BCUT2D eigenvalue weighted by atomic mass is 9.90. The van der Waals surface area contributed by atoms with Crippen LogP contribution in [0.15, 0.2) is 0 Å². The van der Waals surface area contributed by atoms with E-state index in [4.69, 9.17) is 11.5 Å². The first kappa shape index (κ1) is 12.5. The minimum atomic E-state index is -0.217. The van der Waals surface area contributed by atoms with E-state index in [2.05, 4.69) is 11.8 Å². The van der Waals surface area contributed by atoms with Gasteiger partial charge in [-0.15, -0.1) is 0 Å². The molecule has 0 radical (unpaired) electrons. The predicted octanol–water partition coefficient (Wildman–Crippen LogP) is 0.310. The fraction of sp³-hybridized carbons (Fsp3) is 0.909. The van der Waals surface area contributed by atoms with Crippen LogP contribution in [0.4, 0.5) is 0 Å². The van der Waals surface area contributed by atoms with Crippen LogP contribution in [0, 0.1) is 5.92 Å². The Morgan fingerprint density at radius 2 is 2.27 bits per heavy atom. The second kappa shape index (κ2) is 5.47. The first-order valence-corrected chi connectivity index (χ1v) is 5.85. The van der Waals surface area contributed by atoms with Crippen LogP contribution < -0.4 is 11.5 Å². The van der Waals surface area contributed by atoms with Crippen LogP contribution in [0.3, 0.4) is 0 Å². The van der Waals surface area contributed by atoms with Crippen LogP contribution in [-0.4, -0.2) is 36.0 Å². The smallest absolute Gasteiger partial charge is 0.234 e. The fourth-order valence-electron chi connectivity index (χ4n) is 2.51. The molecule has 0 spiro atoms. The molecule has 1 heterocycles. The summed E-state index contributed by atoms with van der Waals surface area (Å²) in [6.45, 7) is 5.81. The molecule has 4 nitrogen and oxygen atoms in total. The molecule has 0 aromatic carbocycles. The third-order valence-electron chi connectivity index (χ3n) is 3.41. The molecule has 88 valence electrons. The molecular weight excluding hydrogens is 190 g/mol. The third kappa shape index (κ3) is 2.92. The number of likely N-dealkylation sites (tertiary alicyclic amines) is 1. The average Bonchev–Trinajstić information content (AvgIpc) is 2.20. The summed E-state index contributed by atoms with van der Waals surface area (Å²) in [5, 5.41) is 0. The SMILES string of the molecule is CCC(C(N)=O)N1CCC(C)CC1CN. The van der Waals surface area contributed by atoms with Crippen LogP contribution in [0.5, 0.6) is 0 Å². The van der Waals surface area contributed by atoms with E-state index in [1.807, 2.05) is 6.92 Å². The van der Waals surface area contributed by atoms with Crippen LogP contribution in [0.2, 0.25) is 0 Å². The molecule has 1 aliphatic rings. The molecule has 4 N–H and O–H groups in total. The molecule has 1 rings (SSSR count). The van der Waals surface area contributed by atoms with Crippen LogP contribution in [0.1, 0.15) is 33.1 Å². The number of hydrogen-bond acceptors (Lipinski definition) is 3. The van der Waals surface area contributed by atoms with E-state index in [-0.39, 0.29) is 11.9 Å². The second-order valence-electron chi connectivity index (χ2n) is 4.58.